The Labute approximate surface area is 219 Å². The summed E-state index contributed by atoms with van der Waals surface area (Å²) in [6.07, 6.45) is -0.354. The van der Waals surface area contributed by atoms with E-state index in [0.29, 0.717) is 5.56 Å². The molecule has 0 radical (unpaired) electrons. The number of carboxylic acids is 1. The van der Waals surface area contributed by atoms with Crippen molar-refractivity contribution in [1.82, 2.24) is 16.0 Å². The van der Waals surface area contributed by atoms with Gasteiger partial charge in [-0.2, -0.15) is 12.6 Å². The van der Waals surface area contributed by atoms with Crippen LogP contribution in [0.1, 0.15) is 24.8 Å². The van der Waals surface area contributed by atoms with Crippen LogP contribution in [0.25, 0.3) is 0 Å². The number of carbonyl (C=O) groups is 5. The molecule has 1 rings (SSSR count). The summed E-state index contributed by atoms with van der Waals surface area (Å²) in [4.78, 5) is 65.3. The summed E-state index contributed by atoms with van der Waals surface area (Å²) < 4.78 is 0. The van der Waals surface area contributed by atoms with Crippen LogP contribution in [0, 0.1) is 0 Å². The number of rotatable bonds is 16. The summed E-state index contributed by atoms with van der Waals surface area (Å²) in [5.41, 5.74) is 22.1. The quantitative estimate of drug-likeness (QED) is 0.0447. The Kier molecular flexibility index (Phi) is 13.5. The molecule has 4 amide bonds. The van der Waals surface area contributed by atoms with Crippen molar-refractivity contribution in [2.45, 2.75) is 49.9 Å². The van der Waals surface area contributed by atoms with E-state index < -0.39 is 60.2 Å². The second-order valence-electron chi connectivity index (χ2n) is 8.12. The number of aliphatic carboxylic acids is 1. The number of carbonyl (C=O) groups excluding carboxylic acids is 4. The van der Waals surface area contributed by atoms with Crippen molar-refractivity contribution >= 4 is 48.2 Å². The molecule has 0 aromatic heterocycles. The fraction of sp³-hybridized carbons (Fsp3) is 0.455. The molecule has 15 heteroatoms. The molecule has 0 fully saturated rings. The highest BCUT2D eigenvalue weighted by Gasteiger charge is 2.31. The molecule has 4 unspecified atom stereocenters. The largest absolute Gasteiger partial charge is 0.480 e. The lowest BCUT2D eigenvalue weighted by Crippen LogP contribution is -2.58. The van der Waals surface area contributed by atoms with Gasteiger partial charge in [-0.1, -0.05) is 30.3 Å². The van der Waals surface area contributed by atoms with Crippen LogP contribution in [0.5, 0.6) is 0 Å². The zero-order valence-corrected chi connectivity index (χ0v) is 21.0. The van der Waals surface area contributed by atoms with E-state index in [1.165, 1.54) is 0 Å². The van der Waals surface area contributed by atoms with E-state index in [9.17, 15) is 29.1 Å². The minimum absolute atomic E-state index is 0.0244. The van der Waals surface area contributed by atoms with Crippen LogP contribution in [0.3, 0.4) is 0 Å². The number of benzene rings is 1. The van der Waals surface area contributed by atoms with Gasteiger partial charge < -0.3 is 44.0 Å². The van der Waals surface area contributed by atoms with Crippen molar-refractivity contribution in [2.75, 3.05) is 12.3 Å². The highest BCUT2D eigenvalue weighted by molar-refractivity contribution is 7.80. The molecule has 0 spiro atoms. The number of nitrogens with two attached hydrogens (primary N) is 4. The van der Waals surface area contributed by atoms with E-state index in [0.717, 1.165) is 0 Å². The highest BCUT2D eigenvalue weighted by atomic mass is 32.1. The number of aliphatic imine (C=N–C) groups is 1. The van der Waals surface area contributed by atoms with Gasteiger partial charge in [0.1, 0.15) is 18.1 Å². The maximum atomic E-state index is 13.1. The monoisotopic (exact) mass is 538 g/mol. The van der Waals surface area contributed by atoms with E-state index in [1.54, 1.807) is 30.3 Å². The van der Waals surface area contributed by atoms with Gasteiger partial charge in [-0.05, 0) is 18.4 Å². The number of amides is 4. The molecule has 0 saturated heterocycles. The minimum Gasteiger partial charge on any atom is -0.480 e. The van der Waals surface area contributed by atoms with Crippen LogP contribution in [0.15, 0.2) is 35.3 Å². The van der Waals surface area contributed by atoms with Gasteiger partial charge in [-0.25, -0.2) is 4.79 Å². The number of hydrogen-bond donors (Lipinski definition) is 9. The zero-order chi connectivity index (χ0) is 28.0. The summed E-state index contributed by atoms with van der Waals surface area (Å²) in [6, 6.07) is 3.73. The first-order valence-corrected chi connectivity index (χ1v) is 12.0. The number of hydrogen-bond acceptors (Lipinski definition) is 8. The van der Waals surface area contributed by atoms with Gasteiger partial charge in [0.05, 0.1) is 12.5 Å². The summed E-state index contributed by atoms with van der Waals surface area (Å²) in [7, 11) is 0. The van der Waals surface area contributed by atoms with Crippen LogP contribution in [0.2, 0.25) is 0 Å². The summed E-state index contributed by atoms with van der Waals surface area (Å²) in [6.45, 7) is 0.138. The second-order valence-corrected chi connectivity index (χ2v) is 8.48. The molecule has 12 N–H and O–H groups in total. The molecule has 1 aromatic rings. The van der Waals surface area contributed by atoms with Gasteiger partial charge in [0, 0.05) is 18.7 Å². The van der Waals surface area contributed by atoms with Crippen LogP contribution in [-0.4, -0.2) is 77.1 Å². The molecule has 0 aliphatic heterocycles. The molecule has 1 aromatic carbocycles. The first-order chi connectivity index (χ1) is 17.4. The molecule has 0 heterocycles. The van der Waals surface area contributed by atoms with Crippen LogP contribution >= 0.6 is 12.6 Å². The lowest BCUT2D eigenvalue weighted by molar-refractivity contribution is -0.142. The lowest BCUT2D eigenvalue weighted by atomic mass is 10.0. The van der Waals surface area contributed by atoms with Gasteiger partial charge in [0.25, 0.3) is 0 Å². The smallest absolute Gasteiger partial charge is 0.326 e. The summed E-state index contributed by atoms with van der Waals surface area (Å²) >= 11 is 3.98. The topological polar surface area (TPSA) is 258 Å². The lowest BCUT2D eigenvalue weighted by Gasteiger charge is -2.24. The number of nitrogens with one attached hydrogen (secondary N) is 3. The fourth-order valence-electron chi connectivity index (χ4n) is 3.14. The Morgan fingerprint density at radius 1 is 0.892 bits per heavy atom. The van der Waals surface area contributed by atoms with Gasteiger partial charge >= 0.3 is 5.97 Å². The van der Waals surface area contributed by atoms with Gasteiger partial charge in [-0.15, -0.1) is 0 Å². The molecule has 0 aliphatic carbocycles. The Morgan fingerprint density at radius 2 is 1.46 bits per heavy atom. The van der Waals surface area contributed by atoms with E-state index in [2.05, 4.69) is 33.6 Å². The Hall–Kier alpha value is -3.85. The van der Waals surface area contributed by atoms with Gasteiger partial charge in [-0.3, -0.25) is 24.2 Å². The number of thiol groups is 1. The van der Waals surface area contributed by atoms with E-state index in [4.69, 9.17) is 22.9 Å². The molecule has 0 saturated carbocycles. The fourth-order valence-corrected chi connectivity index (χ4v) is 3.30. The van der Waals surface area contributed by atoms with Crippen molar-refractivity contribution in [2.24, 2.45) is 27.9 Å². The van der Waals surface area contributed by atoms with Crippen LogP contribution in [-0.2, 0) is 30.4 Å². The predicted molar refractivity (Wildman–Crippen MR) is 139 cm³/mol. The molecule has 14 nitrogen and oxygen atoms in total. The number of carboxylic acid groups (broad SMARTS) is 1. The third kappa shape index (κ3) is 12.1. The Balaban J connectivity index is 3.03. The van der Waals surface area contributed by atoms with Gasteiger partial charge in [0.2, 0.25) is 23.6 Å². The normalized spacial score (nSPS) is 13.8. The van der Waals surface area contributed by atoms with Crippen LogP contribution in [0.4, 0.5) is 0 Å². The molecular formula is C22H34N8O6S. The molecule has 204 valence electrons. The maximum absolute atomic E-state index is 13.1. The average Bonchev–Trinajstić information content (AvgIpc) is 2.84. The Morgan fingerprint density at radius 3 is 2.00 bits per heavy atom. The molecular weight excluding hydrogens is 504 g/mol. The van der Waals surface area contributed by atoms with Crippen molar-refractivity contribution in [3.8, 4) is 0 Å². The van der Waals surface area contributed by atoms with Crippen LogP contribution < -0.4 is 38.9 Å². The SMILES string of the molecule is NC(=O)CC(NC(=O)C(Cc1ccccc1)NC(=O)C(N)CS)C(=O)NC(CCCN=C(N)N)C(=O)O. The summed E-state index contributed by atoms with van der Waals surface area (Å²) in [5.74, 6) is -4.78. The molecule has 0 aliphatic rings. The number of primary amides is 1. The predicted octanol–water partition coefficient (Wildman–Crippen LogP) is -3.05. The van der Waals surface area contributed by atoms with Crippen molar-refractivity contribution < 1.29 is 29.1 Å². The third-order valence-electron chi connectivity index (χ3n) is 5.05. The van der Waals surface area contributed by atoms with Crippen molar-refractivity contribution in [3.05, 3.63) is 35.9 Å². The first-order valence-electron chi connectivity index (χ1n) is 11.3. The number of guanidine groups is 1. The van der Waals surface area contributed by atoms with E-state index >= 15 is 0 Å². The van der Waals surface area contributed by atoms with E-state index in [-0.39, 0.29) is 37.5 Å². The molecule has 4 atom stereocenters. The first kappa shape index (κ1) is 31.2. The molecule has 37 heavy (non-hydrogen) atoms. The second kappa shape index (κ2) is 16.0. The average molecular weight is 539 g/mol. The van der Waals surface area contributed by atoms with E-state index in [1.807, 2.05) is 0 Å². The van der Waals surface area contributed by atoms with Gasteiger partial charge in [0.15, 0.2) is 5.96 Å². The highest BCUT2D eigenvalue weighted by Crippen LogP contribution is 2.06. The van der Waals surface area contributed by atoms with Crippen molar-refractivity contribution in [3.63, 3.8) is 0 Å². The zero-order valence-electron chi connectivity index (χ0n) is 20.1. The third-order valence-corrected chi connectivity index (χ3v) is 5.44. The minimum atomic E-state index is -1.50. The molecule has 0 bridgehead atoms. The standard InChI is InChI=1S/C22H34N8O6S/c23-13(11-37)18(32)29-15(9-12-5-2-1-3-6-12)19(33)30-16(10-17(24)31)20(34)28-14(21(35)36)7-4-8-27-22(25)26/h1-3,5-6,13-16,37H,4,7-11,23H2,(H2,24,31)(H,28,34)(H,29,32)(H,30,33)(H,35,36)(H4,25,26,27). The maximum Gasteiger partial charge on any atom is 0.326 e. The van der Waals surface area contributed by atoms with Crippen molar-refractivity contribution in [1.29, 1.82) is 0 Å². The summed E-state index contributed by atoms with van der Waals surface area (Å²) in [5, 5.41) is 16.6. The Bertz CT molecular complexity index is 973. The number of nitrogens with zero attached hydrogens (tertiary/aromatic N) is 1.